The minimum Gasteiger partial charge on any atom is -0.482 e. The normalized spacial score (nSPS) is 15.9. The molecule has 0 radical (unpaired) electrons. The highest BCUT2D eigenvalue weighted by atomic mass is 35.5. The first-order valence-electron chi connectivity index (χ1n) is 12.3. The summed E-state index contributed by atoms with van der Waals surface area (Å²) in [5, 5.41) is 0.710. The van der Waals surface area contributed by atoms with E-state index in [1.807, 2.05) is 42.8 Å². The molecular formula is C31H26ClN3O. The Balaban J connectivity index is 1.54. The molecule has 2 aliphatic heterocycles. The Labute approximate surface area is 216 Å². The molecule has 0 saturated heterocycles. The predicted molar refractivity (Wildman–Crippen MR) is 151 cm³/mol. The number of rotatable bonds is 3. The van der Waals surface area contributed by atoms with Gasteiger partial charge in [-0.1, -0.05) is 48.0 Å². The third kappa shape index (κ3) is 4.18. The van der Waals surface area contributed by atoms with E-state index in [0.29, 0.717) is 11.4 Å². The van der Waals surface area contributed by atoms with E-state index in [2.05, 4.69) is 47.5 Å². The molecule has 0 fully saturated rings. The Morgan fingerprint density at radius 2 is 1.67 bits per heavy atom. The number of aromatic amines is 1. The van der Waals surface area contributed by atoms with Gasteiger partial charge in [-0.2, -0.15) is 0 Å². The molecule has 0 amide bonds. The van der Waals surface area contributed by atoms with E-state index in [0.717, 1.165) is 70.0 Å². The second-order valence-electron chi connectivity index (χ2n) is 9.07. The number of nitrogens with zero attached hydrogens (tertiary/aromatic N) is 2. The van der Waals surface area contributed by atoms with Gasteiger partial charge < -0.3 is 9.72 Å². The highest BCUT2D eigenvalue weighted by Crippen LogP contribution is 2.47. The summed E-state index contributed by atoms with van der Waals surface area (Å²) in [4.78, 5) is 13.0. The van der Waals surface area contributed by atoms with Crippen LogP contribution in [0, 0.1) is 0 Å². The van der Waals surface area contributed by atoms with Crippen molar-refractivity contribution >= 4 is 47.1 Å². The van der Waals surface area contributed by atoms with Crippen LogP contribution in [0.1, 0.15) is 36.1 Å². The number of para-hydroxylation sites is 1. The van der Waals surface area contributed by atoms with Gasteiger partial charge in [0, 0.05) is 46.3 Å². The molecule has 2 aliphatic rings. The van der Waals surface area contributed by atoms with Gasteiger partial charge in [0.1, 0.15) is 0 Å². The largest absolute Gasteiger partial charge is 0.482 e. The fourth-order valence-electron chi connectivity index (χ4n) is 5.07. The number of halogens is 1. The van der Waals surface area contributed by atoms with Gasteiger partial charge in [0.05, 0.1) is 24.0 Å². The van der Waals surface area contributed by atoms with Gasteiger partial charge in [0.15, 0.2) is 5.88 Å². The standard InChI is InChI=1S/C31H26ClN3O/c1-36-31-29(20-9-12-24(32)13-10-20)30-25-19-22(11-14-27(25)34-17-15-28(30)35-31)21-6-4-5-16-33-26-8-3-2-7-23(26)18-21/h2-3,7-14,16-19,35H,4-6,15H2,1H3/b21-18+,33-16?. The SMILES string of the molecule is COc1[nH]c2c(c1-c1ccc(Cl)cc1)-c1cc(/C3=C/c4ccccc4N=CCCC3)ccc1N=CC2. The minimum absolute atomic E-state index is 0.705. The van der Waals surface area contributed by atoms with Crippen molar-refractivity contribution in [2.24, 2.45) is 9.98 Å². The maximum absolute atomic E-state index is 6.20. The molecule has 4 aromatic rings. The Kier molecular flexibility index (Phi) is 6.04. The summed E-state index contributed by atoms with van der Waals surface area (Å²) in [7, 11) is 1.71. The Bertz CT molecular complexity index is 1530. The molecule has 0 bridgehead atoms. The van der Waals surface area contributed by atoms with Crippen molar-refractivity contribution in [2.45, 2.75) is 25.7 Å². The monoisotopic (exact) mass is 491 g/mol. The lowest BCUT2D eigenvalue weighted by Crippen LogP contribution is -1.91. The summed E-state index contributed by atoms with van der Waals surface area (Å²) >= 11 is 6.20. The van der Waals surface area contributed by atoms with Crippen molar-refractivity contribution in [3.05, 3.63) is 88.6 Å². The number of benzene rings is 3. The Hall–Kier alpha value is -3.89. The summed E-state index contributed by atoms with van der Waals surface area (Å²) in [5.41, 5.74) is 11.1. The van der Waals surface area contributed by atoms with Crippen molar-refractivity contribution in [1.29, 1.82) is 0 Å². The van der Waals surface area contributed by atoms with E-state index in [1.165, 1.54) is 11.1 Å². The zero-order valence-electron chi connectivity index (χ0n) is 20.1. The maximum atomic E-state index is 6.20. The quantitative estimate of drug-likeness (QED) is 0.306. The highest BCUT2D eigenvalue weighted by molar-refractivity contribution is 6.30. The van der Waals surface area contributed by atoms with Crippen LogP contribution in [0.15, 0.2) is 76.7 Å². The molecular weight excluding hydrogens is 466 g/mol. The summed E-state index contributed by atoms with van der Waals surface area (Å²) in [5.74, 6) is 0.752. The van der Waals surface area contributed by atoms with Gasteiger partial charge in [0.25, 0.3) is 0 Å². The number of aliphatic imine (C=N–C) groups is 2. The van der Waals surface area contributed by atoms with E-state index in [-0.39, 0.29) is 0 Å². The van der Waals surface area contributed by atoms with Gasteiger partial charge in [-0.25, -0.2) is 0 Å². The van der Waals surface area contributed by atoms with Crippen molar-refractivity contribution in [3.63, 3.8) is 0 Å². The number of ether oxygens (including phenoxy) is 1. The second kappa shape index (κ2) is 9.63. The third-order valence-corrected chi connectivity index (χ3v) is 7.07. The van der Waals surface area contributed by atoms with Crippen LogP contribution in [-0.4, -0.2) is 24.5 Å². The van der Waals surface area contributed by atoms with E-state index in [1.54, 1.807) is 7.11 Å². The number of aromatic nitrogens is 1. The molecule has 6 rings (SSSR count). The van der Waals surface area contributed by atoms with E-state index in [9.17, 15) is 0 Å². The average molecular weight is 492 g/mol. The summed E-state index contributed by atoms with van der Waals surface area (Å²) in [6, 6.07) is 22.9. The number of methoxy groups -OCH3 is 1. The molecule has 1 aromatic heterocycles. The van der Waals surface area contributed by atoms with Gasteiger partial charge in [-0.05, 0) is 72.4 Å². The number of hydrogen-bond donors (Lipinski definition) is 1. The number of nitrogens with one attached hydrogen (secondary N) is 1. The predicted octanol–water partition coefficient (Wildman–Crippen LogP) is 8.70. The van der Waals surface area contributed by atoms with Crippen LogP contribution >= 0.6 is 11.6 Å². The molecule has 3 heterocycles. The topological polar surface area (TPSA) is 49.7 Å². The van der Waals surface area contributed by atoms with E-state index in [4.69, 9.17) is 26.3 Å². The van der Waals surface area contributed by atoms with Crippen molar-refractivity contribution < 1.29 is 4.74 Å². The molecule has 178 valence electrons. The highest BCUT2D eigenvalue weighted by Gasteiger charge is 2.25. The van der Waals surface area contributed by atoms with Crippen LogP contribution in [0.4, 0.5) is 11.4 Å². The lowest BCUT2D eigenvalue weighted by atomic mass is 9.90. The van der Waals surface area contributed by atoms with Gasteiger partial charge in [-0.3, -0.25) is 9.98 Å². The molecule has 0 saturated carbocycles. The lowest BCUT2D eigenvalue weighted by molar-refractivity contribution is 0.401. The summed E-state index contributed by atoms with van der Waals surface area (Å²) < 4.78 is 5.81. The van der Waals surface area contributed by atoms with Crippen LogP contribution in [0.5, 0.6) is 5.88 Å². The summed E-state index contributed by atoms with van der Waals surface area (Å²) in [6.45, 7) is 0. The zero-order valence-corrected chi connectivity index (χ0v) is 20.8. The Morgan fingerprint density at radius 3 is 2.53 bits per heavy atom. The van der Waals surface area contributed by atoms with Crippen molar-refractivity contribution in [2.75, 3.05) is 7.11 Å². The van der Waals surface area contributed by atoms with Crippen molar-refractivity contribution in [1.82, 2.24) is 4.98 Å². The first kappa shape index (κ1) is 22.6. The first-order chi connectivity index (χ1) is 17.7. The first-order valence-corrected chi connectivity index (χ1v) is 12.6. The van der Waals surface area contributed by atoms with Gasteiger partial charge in [-0.15, -0.1) is 0 Å². The van der Waals surface area contributed by atoms with Gasteiger partial charge >= 0.3 is 0 Å². The molecule has 4 nitrogen and oxygen atoms in total. The van der Waals surface area contributed by atoms with Crippen LogP contribution in [0.25, 0.3) is 33.9 Å². The molecule has 0 spiro atoms. The molecule has 0 unspecified atom stereocenters. The Morgan fingerprint density at radius 1 is 0.861 bits per heavy atom. The minimum atomic E-state index is 0.705. The van der Waals surface area contributed by atoms with Crippen LogP contribution in [0.2, 0.25) is 5.02 Å². The second-order valence-corrected chi connectivity index (χ2v) is 9.51. The van der Waals surface area contributed by atoms with E-state index >= 15 is 0 Å². The van der Waals surface area contributed by atoms with Crippen LogP contribution in [0.3, 0.4) is 0 Å². The fourth-order valence-corrected chi connectivity index (χ4v) is 5.19. The number of hydrogen-bond acceptors (Lipinski definition) is 3. The molecule has 1 N–H and O–H groups in total. The molecule has 3 aromatic carbocycles. The van der Waals surface area contributed by atoms with E-state index < -0.39 is 0 Å². The third-order valence-electron chi connectivity index (χ3n) is 6.82. The number of fused-ring (bicyclic) bond motifs is 4. The van der Waals surface area contributed by atoms with Crippen molar-refractivity contribution in [3.8, 4) is 28.1 Å². The zero-order chi connectivity index (χ0) is 24.5. The van der Waals surface area contributed by atoms with Gasteiger partial charge in [0.2, 0.25) is 0 Å². The van der Waals surface area contributed by atoms with Crippen LogP contribution in [-0.2, 0) is 6.42 Å². The number of H-pyrrole nitrogens is 1. The molecule has 0 atom stereocenters. The summed E-state index contributed by atoms with van der Waals surface area (Å²) in [6.07, 6.45) is 10.0. The number of allylic oxidation sites excluding steroid dienone is 1. The lowest BCUT2D eigenvalue weighted by Gasteiger charge is -2.14. The van der Waals surface area contributed by atoms with Crippen LogP contribution < -0.4 is 4.74 Å². The molecule has 5 heteroatoms. The molecule has 36 heavy (non-hydrogen) atoms. The maximum Gasteiger partial charge on any atom is 0.199 e. The smallest absolute Gasteiger partial charge is 0.199 e. The fraction of sp³-hybridized carbons (Fsp3) is 0.161. The average Bonchev–Trinajstić information content (AvgIpc) is 3.23. The molecule has 0 aliphatic carbocycles.